The summed E-state index contributed by atoms with van der Waals surface area (Å²) in [7, 11) is 0. The van der Waals surface area contributed by atoms with Gasteiger partial charge in [-0.05, 0) is 48.5 Å². The molecular weight excluding hydrogens is 240 g/mol. The number of ether oxygens (including phenoxy) is 3. The van der Waals surface area contributed by atoms with E-state index in [4.69, 9.17) is 9.84 Å². The smallest absolute Gasteiger partial charge is 0.450 e. The average Bonchev–Trinajstić information content (AvgIpc) is 1.95. The molecule has 6 nitrogen and oxygen atoms in total. The van der Waals surface area contributed by atoms with Crippen LogP contribution in [0.15, 0.2) is 0 Å². The number of carbonyl (C=O) groups is 2. The van der Waals surface area contributed by atoms with Crippen molar-refractivity contribution < 1.29 is 28.9 Å². The van der Waals surface area contributed by atoms with Crippen molar-refractivity contribution in [1.29, 1.82) is 0 Å². The van der Waals surface area contributed by atoms with Crippen LogP contribution in [0.4, 0.5) is 9.59 Å². The molecular formula is C12H24O6. The van der Waals surface area contributed by atoms with Crippen LogP contribution in [0.2, 0.25) is 0 Å². The van der Waals surface area contributed by atoms with Crippen LogP contribution in [0.25, 0.3) is 0 Å². The van der Waals surface area contributed by atoms with Gasteiger partial charge in [-0.15, -0.1) is 0 Å². The molecule has 0 atom stereocenters. The summed E-state index contributed by atoms with van der Waals surface area (Å²) in [5.41, 5.74) is -1.03. The highest BCUT2D eigenvalue weighted by Crippen LogP contribution is 2.07. The molecule has 0 heterocycles. The average molecular weight is 264 g/mol. The molecule has 0 radical (unpaired) electrons. The molecule has 0 saturated carbocycles. The Morgan fingerprint density at radius 1 is 0.944 bits per heavy atom. The van der Waals surface area contributed by atoms with E-state index < -0.39 is 23.5 Å². The zero-order valence-electron chi connectivity index (χ0n) is 12.2. The van der Waals surface area contributed by atoms with E-state index in [1.807, 2.05) is 0 Å². The molecule has 6 heteroatoms. The van der Waals surface area contributed by atoms with Crippen molar-refractivity contribution in [3.63, 3.8) is 0 Å². The number of carboxylic acid groups (broad SMARTS) is 1. The summed E-state index contributed by atoms with van der Waals surface area (Å²) >= 11 is 0. The lowest BCUT2D eigenvalue weighted by molar-refractivity contribution is -0.00499. The summed E-state index contributed by atoms with van der Waals surface area (Å²) in [5, 5.41) is 8.03. The summed E-state index contributed by atoms with van der Waals surface area (Å²) in [5.74, 6) is 0. The van der Waals surface area contributed by atoms with Crippen LogP contribution in [0.3, 0.4) is 0 Å². The first-order valence-electron chi connectivity index (χ1n) is 5.65. The van der Waals surface area contributed by atoms with Crippen LogP contribution >= 0.6 is 0 Å². The fourth-order valence-corrected chi connectivity index (χ4v) is 0.659. The maximum atomic E-state index is 10.6. The maximum Gasteiger partial charge on any atom is 0.508 e. The Labute approximate surface area is 108 Å². The SMILES string of the molecule is CC(C)(C)OC(=O)O.CCOC(=O)OC(C)(C)C. The maximum absolute atomic E-state index is 10.6. The van der Waals surface area contributed by atoms with Gasteiger partial charge in [0.15, 0.2) is 0 Å². The van der Waals surface area contributed by atoms with E-state index in [1.54, 1.807) is 48.5 Å². The van der Waals surface area contributed by atoms with Gasteiger partial charge in [-0.3, -0.25) is 0 Å². The molecule has 0 spiro atoms. The third-order valence-electron chi connectivity index (χ3n) is 1.05. The molecule has 0 saturated heterocycles. The van der Waals surface area contributed by atoms with Crippen LogP contribution < -0.4 is 0 Å². The Hall–Kier alpha value is -1.46. The third kappa shape index (κ3) is 20.0. The van der Waals surface area contributed by atoms with Crippen LogP contribution in [0.5, 0.6) is 0 Å². The number of carbonyl (C=O) groups excluding carboxylic acids is 1. The number of hydrogen-bond acceptors (Lipinski definition) is 5. The third-order valence-corrected chi connectivity index (χ3v) is 1.05. The predicted molar refractivity (Wildman–Crippen MR) is 66.7 cm³/mol. The number of rotatable bonds is 1. The van der Waals surface area contributed by atoms with E-state index in [0.29, 0.717) is 6.61 Å². The van der Waals surface area contributed by atoms with Gasteiger partial charge in [0, 0.05) is 0 Å². The molecule has 0 aromatic rings. The van der Waals surface area contributed by atoms with Crippen molar-refractivity contribution in [2.45, 2.75) is 59.7 Å². The van der Waals surface area contributed by atoms with Gasteiger partial charge in [-0.25, -0.2) is 9.59 Å². The van der Waals surface area contributed by atoms with Gasteiger partial charge < -0.3 is 19.3 Å². The fraction of sp³-hybridized carbons (Fsp3) is 0.833. The molecule has 0 aliphatic carbocycles. The molecule has 0 aliphatic rings. The summed E-state index contributed by atoms with van der Waals surface area (Å²) in [6.07, 6.45) is -1.83. The van der Waals surface area contributed by atoms with Crippen LogP contribution in [-0.4, -0.2) is 35.2 Å². The molecule has 0 fully saturated rings. The normalized spacial score (nSPS) is 10.8. The minimum atomic E-state index is -1.22. The van der Waals surface area contributed by atoms with Crippen LogP contribution in [-0.2, 0) is 14.2 Å². The van der Waals surface area contributed by atoms with E-state index in [0.717, 1.165) is 0 Å². The molecule has 0 aromatic carbocycles. The molecule has 0 aromatic heterocycles. The standard InChI is InChI=1S/C7H14O3.C5H10O3/c1-5-9-6(8)10-7(2,3)4;1-5(2,3)8-4(6)7/h5H2,1-4H3;1-3H3,(H,6,7). The predicted octanol–water partition coefficient (Wildman–Crippen LogP) is 3.44. The van der Waals surface area contributed by atoms with Crippen molar-refractivity contribution in [3.8, 4) is 0 Å². The topological polar surface area (TPSA) is 82.1 Å². The lowest BCUT2D eigenvalue weighted by Gasteiger charge is -2.18. The summed E-state index contributed by atoms with van der Waals surface area (Å²) in [6, 6.07) is 0. The zero-order chi connectivity index (χ0) is 15.0. The Morgan fingerprint density at radius 2 is 1.33 bits per heavy atom. The quantitative estimate of drug-likeness (QED) is 0.730. The van der Waals surface area contributed by atoms with Gasteiger partial charge in [0.05, 0.1) is 6.61 Å². The van der Waals surface area contributed by atoms with Gasteiger partial charge in [-0.2, -0.15) is 0 Å². The molecule has 0 rings (SSSR count). The Bertz CT molecular complexity index is 259. The zero-order valence-corrected chi connectivity index (χ0v) is 12.2. The van der Waals surface area contributed by atoms with Crippen LogP contribution in [0.1, 0.15) is 48.5 Å². The molecule has 0 bridgehead atoms. The van der Waals surface area contributed by atoms with Crippen LogP contribution in [0, 0.1) is 0 Å². The molecule has 0 unspecified atom stereocenters. The highest BCUT2D eigenvalue weighted by molar-refractivity contribution is 5.60. The highest BCUT2D eigenvalue weighted by Gasteiger charge is 2.16. The second-order valence-corrected chi connectivity index (χ2v) is 5.38. The Kier molecular flexibility index (Phi) is 8.17. The van der Waals surface area contributed by atoms with Gasteiger partial charge in [0.25, 0.3) is 0 Å². The first kappa shape index (κ1) is 18.9. The van der Waals surface area contributed by atoms with E-state index in [-0.39, 0.29) is 0 Å². The van der Waals surface area contributed by atoms with Gasteiger partial charge >= 0.3 is 12.3 Å². The highest BCUT2D eigenvalue weighted by atomic mass is 16.7. The molecule has 0 amide bonds. The summed E-state index contributed by atoms with van der Waals surface area (Å²) in [4.78, 5) is 20.4. The Balaban J connectivity index is 0. The number of hydrogen-bond donors (Lipinski definition) is 1. The van der Waals surface area contributed by atoms with E-state index in [2.05, 4.69) is 9.47 Å². The monoisotopic (exact) mass is 264 g/mol. The van der Waals surface area contributed by atoms with Gasteiger partial charge in [-0.1, -0.05) is 0 Å². The van der Waals surface area contributed by atoms with Gasteiger partial charge in [0.2, 0.25) is 0 Å². The van der Waals surface area contributed by atoms with Crippen molar-refractivity contribution in [3.05, 3.63) is 0 Å². The first-order valence-corrected chi connectivity index (χ1v) is 5.65. The lowest BCUT2D eigenvalue weighted by atomic mass is 10.2. The molecule has 108 valence electrons. The Morgan fingerprint density at radius 3 is 1.50 bits per heavy atom. The van der Waals surface area contributed by atoms with Crippen molar-refractivity contribution >= 4 is 12.3 Å². The first-order chi connectivity index (χ1) is 7.87. The second-order valence-electron chi connectivity index (χ2n) is 5.38. The van der Waals surface area contributed by atoms with E-state index in [1.165, 1.54) is 0 Å². The largest absolute Gasteiger partial charge is 0.508 e. The fourth-order valence-electron chi connectivity index (χ4n) is 0.659. The van der Waals surface area contributed by atoms with Gasteiger partial charge in [0.1, 0.15) is 11.2 Å². The van der Waals surface area contributed by atoms with Crippen molar-refractivity contribution in [1.82, 2.24) is 0 Å². The molecule has 1 N–H and O–H groups in total. The molecule has 18 heavy (non-hydrogen) atoms. The van der Waals surface area contributed by atoms with Crippen molar-refractivity contribution in [2.75, 3.05) is 6.61 Å². The summed E-state index contributed by atoms with van der Waals surface area (Å²) < 4.78 is 13.7. The van der Waals surface area contributed by atoms with E-state index >= 15 is 0 Å². The summed E-state index contributed by atoms with van der Waals surface area (Å²) in [6.45, 7) is 12.5. The van der Waals surface area contributed by atoms with E-state index in [9.17, 15) is 9.59 Å². The molecule has 0 aliphatic heterocycles. The van der Waals surface area contributed by atoms with Crippen molar-refractivity contribution in [2.24, 2.45) is 0 Å². The minimum absolute atomic E-state index is 0.356. The minimum Gasteiger partial charge on any atom is -0.450 e. The lowest BCUT2D eigenvalue weighted by Crippen LogP contribution is -2.24. The second kappa shape index (κ2) is 7.79.